The van der Waals surface area contributed by atoms with Gasteiger partial charge in [0.05, 0.1) is 18.9 Å². The van der Waals surface area contributed by atoms with Crippen LogP contribution in [0.15, 0.2) is 35.8 Å². The summed E-state index contributed by atoms with van der Waals surface area (Å²) < 4.78 is 7.59. The van der Waals surface area contributed by atoms with Gasteiger partial charge in [-0.25, -0.2) is 4.98 Å². The van der Waals surface area contributed by atoms with Gasteiger partial charge in [-0.3, -0.25) is 9.30 Å². The molecule has 0 radical (unpaired) electrons. The summed E-state index contributed by atoms with van der Waals surface area (Å²) in [7, 11) is 0. The maximum atomic E-state index is 6.06. The first-order chi connectivity index (χ1) is 10.8. The summed E-state index contributed by atoms with van der Waals surface area (Å²) in [5, 5.41) is 2.19. The number of hydrogen-bond donors (Lipinski definition) is 1. The molecule has 2 aromatic heterocycles. The highest BCUT2D eigenvalue weighted by Crippen LogP contribution is 2.28. The van der Waals surface area contributed by atoms with Gasteiger partial charge >= 0.3 is 0 Å². The molecule has 5 nitrogen and oxygen atoms in total. The number of fused-ring (bicyclic) bond motifs is 1. The third-order valence-corrected chi connectivity index (χ3v) is 4.90. The Labute approximate surface area is 132 Å². The Bertz CT molecular complexity index is 788. The number of thiazole rings is 1. The van der Waals surface area contributed by atoms with Crippen LogP contribution >= 0.6 is 11.3 Å². The lowest BCUT2D eigenvalue weighted by Crippen LogP contribution is -2.35. The molecule has 1 aliphatic rings. The fourth-order valence-electron chi connectivity index (χ4n) is 2.79. The van der Waals surface area contributed by atoms with E-state index in [1.165, 1.54) is 5.69 Å². The van der Waals surface area contributed by atoms with Crippen LogP contribution in [0.1, 0.15) is 5.69 Å². The fraction of sp³-hybridized carbons (Fsp3) is 0.312. The molecule has 1 fully saturated rings. The van der Waals surface area contributed by atoms with Crippen LogP contribution in [0.5, 0.6) is 0 Å². The highest BCUT2D eigenvalue weighted by Gasteiger charge is 2.15. The maximum absolute atomic E-state index is 6.06. The van der Waals surface area contributed by atoms with E-state index in [9.17, 15) is 0 Å². The lowest BCUT2D eigenvalue weighted by Gasteiger charge is -2.26. The zero-order chi connectivity index (χ0) is 14.9. The van der Waals surface area contributed by atoms with Crippen LogP contribution in [0.4, 0.5) is 5.69 Å². The smallest absolute Gasteiger partial charge is 0.194 e. The number of nitrogen functional groups attached to an aromatic ring is 1. The predicted octanol–water partition coefficient (Wildman–Crippen LogP) is 2.48. The van der Waals surface area contributed by atoms with Crippen LogP contribution in [-0.4, -0.2) is 40.6 Å². The molecule has 114 valence electrons. The van der Waals surface area contributed by atoms with Gasteiger partial charge in [-0.1, -0.05) is 18.2 Å². The topological polar surface area (TPSA) is 55.8 Å². The van der Waals surface area contributed by atoms with Crippen molar-refractivity contribution < 1.29 is 4.74 Å². The van der Waals surface area contributed by atoms with Gasteiger partial charge in [0.25, 0.3) is 0 Å². The zero-order valence-corrected chi connectivity index (χ0v) is 13.1. The molecule has 1 aromatic carbocycles. The number of aromatic nitrogens is 2. The van der Waals surface area contributed by atoms with Gasteiger partial charge in [-0.05, 0) is 6.07 Å². The highest BCUT2D eigenvalue weighted by molar-refractivity contribution is 7.15. The number of rotatable bonds is 3. The lowest BCUT2D eigenvalue weighted by molar-refractivity contribution is 0.0336. The van der Waals surface area contributed by atoms with E-state index in [-0.39, 0.29) is 0 Å². The summed E-state index contributed by atoms with van der Waals surface area (Å²) in [6.07, 6.45) is 2.09. The summed E-state index contributed by atoms with van der Waals surface area (Å²) >= 11 is 1.68. The quantitative estimate of drug-likeness (QED) is 0.755. The monoisotopic (exact) mass is 314 g/mol. The molecule has 3 aromatic rings. The molecule has 0 saturated carbocycles. The van der Waals surface area contributed by atoms with Crippen LogP contribution in [0, 0.1) is 0 Å². The van der Waals surface area contributed by atoms with Crippen LogP contribution in [0.3, 0.4) is 0 Å². The summed E-state index contributed by atoms with van der Waals surface area (Å²) in [6, 6.07) is 7.87. The Morgan fingerprint density at radius 1 is 1.23 bits per heavy atom. The largest absolute Gasteiger partial charge is 0.398 e. The molecule has 0 bridgehead atoms. The van der Waals surface area contributed by atoms with Crippen molar-refractivity contribution in [1.29, 1.82) is 0 Å². The molecule has 0 spiro atoms. The van der Waals surface area contributed by atoms with E-state index in [1.807, 2.05) is 24.3 Å². The average molecular weight is 314 g/mol. The van der Waals surface area contributed by atoms with Gasteiger partial charge in [-0.2, -0.15) is 0 Å². The Morgan fingerprint density at radius 2 is 2.05 bits per heavy atom. The van der Waals surface area contributed by atoms with E-state index in [0.29, 0.717) is 0 Å². The minimum atomic E-state index is 0.767. The second kappa shape index (κ2) is 5.72. The highest BCUT2D eigenvalue weighted by atomic mass is 32.1. The molecule has 22 heavy (non-hydrogen) atoms. The summed E-state index contributed by atoms with van der Waals surface area (Å²) in [5.41, 5.74) is 10.0. The van der Waals surface area contributed by atoms with Crippen molar-refractivity contribution in [3.63, 3.8) is 0 Å². The number of ether oxygens (including phenoxy) is 1. The number of nitrogens with two attached hydrogens (primary N) is 1. The standard InChI is InChI=1S/C16H18N4OS/c17-14-4-2-1-3-13(14)15-10-20-12(11-22-16(20)18-15)9-19-5-7-21-8-6-19/h1-4,10-11H,5-9,17H2. The number of anilines is 1. The second-order valence-corrected chi connectivity index (χ2v) is 6.32. The number of nitrogens with zero attached hydrogens (tertiary/aromatic N) is 3. The van der Waals surface area contributed by atoms with Crippen LogP contribution in [-0.2, 0) is 11.3 Å². The first-order valence-corrected chi connectivity index (χ1v) is 8.30. The summed E-state index contributed by atoms with van der Waals surface area (Å²) in [5.74, 6) is 0. The van der Waals surface area contributed by atoms with Gasteiger partial charge < -0.3 is 10.5 Å². The normalized spacial score (nSPS) is 16.4. The van der Waals surface area contributed by atoms with E-state index in [0.717, 1.165) is 54.8 Å². The fourth-order valence-corrected chi connectivity index (χ4v) is 3.66. The van der Waals surface area contributed by atoms with Crippen molar-refractivity contribution in [2.75, 3.05) is 32.0 Å². The molecule has 2 N–H and O–H groups in total. The van der Waals surface area contributed by atoms with Crippen molar-refractivity contribution in [3.8, 4) is 11.3 Å². The number of imidazole rings is 1. The van der Waals surface area contributed by atoms with E-state index >= 15 is 0 Å². The SMILES string of the molecule is Nc1ccccc1-c1cn2c(CN3CCOCC3)csc2n1. The van der Waals surface area contributed by atoms with Crippen molar-refractivity contribution in [1.82, 2.24) is 14.3 Å². The van der Waals surface area contributed by atoms with Crippen molar-refractivity contribution in [2.24, 2.45) is 0 Å². The average Bonchev–Trinajstić information content (AvgIpc) is 3.11. The third-order valence-electron chi connectivity index (χ3n) is 4.01. The molecular weight excluding hydrogens is 296 g/mol. The molecule has 4 rings (SSSR count). The summed E-state index contributed by atoms with van der Waals surface area (Å²) in [4.78, 5) is 8.15. The molecule has 0 atom stereocenters. The van der Waals surface area contributed by atoms with E-state index in [1.54, 1.807) is 11.3 Å². The Kier molecular flexibility index (Phi) is 3.57. The molecule has 0 amide bonds. The Morgan fingerprint density at radius 3 is 2.86 bits per heavy atom. The van der Waals surface area contributed by atoms with Crippen LogP contribution in [0.2, 0.25) is 0 Å². The minimum Gasteiger partial charge on any atom is -0.398 e. The predicted molar refractivity (Wildman–Crippen MR) is 89.0 cm³/mol. The van der Waals surface area contributed by atoms with Crippen LogP contribution in [0.25, 0.3) is 16.2 Å². The molecule has 0 unspecified atom stereocenters. The first-order valence-electron chi connectivity index (χ1n) is 7.42. The van der Waals surface area contributed by atoms with Gasteiger partial charge in [0.2, 0.25) is 0 Å². The summed E-state index contributed by atoms with van der Waals surface area (Å²) in [6.45, 7) is 4.56. The molecule has 1 aliphatic heterocycles. The molecular formula is C16H18N4OS. The molecule has 3 heterocycles. The van der Waals surface area contributed by atoms with Gasteiger partial charge in [-0.15, -0.1) is 11.3 Å². The number of hydrogen-bond acceptors (Lipinski definition) is 5. The van der Waals surface area contributed by atoms with Gasteiger partial charge in [0.1, 0.15) is 0 Å². The minimum absolute atomic E-state index is 0.767. The Balaban J connectivity index is 1.66. The molecule has 6 heteroatoms. The van der Waals surface area contributed by atoms with Crippen molar-refractivity contribution in [3.05, 3.63) is 41.5 Å². The first kappa shape index (κ1) is 13.8. The Hall–Kier alpha value is -1.89. The molecule has 1 saturated heterocycles. The van der Waals surface area contributed by atoms with Gasteiger partial charge in [0, 0.05) is 48.2 Å². The third kappa shape index (κ3) is 2.49. The number of para-hydroxylation sites is 1. The van der Waals surface area contributed by atoms with Crippen molar-refractivity contribution in [2.45, 2.75) is 6.54 Å². The number of morpholine rings is 1. The lowest BCUT2D eigenvalue weighted by atomic mass is 10.1. The van der Waals surface area contributed by atoms with Crippen molar-refractivity contribution >= 4 is 22.0 Å². The maximum Gasteiger partial charge on any atom is 0.194 e. The molecule has 0 aliphatic carbocycles. The second-order valence-electron chi connectivity index (χ2n) is 5.48. The zero-order valence-electron chi connectivity index (χ0n) is 12.2. The van der Waals surface area contributed by atoms with E-state index in [2.05, 4.69) is 20.9 Å². The van der Waals surface area contributed by atoms with Gasteiger partial charge in [0.15, 0.2) is 4.96 Å². The van der Waals surface area contributed by atoms with E-state index in [4.69, 9.17) is 15.5 Å². The number of benzene rings is 1. The van der Waals surface area contributed by atoms with Crippen LogP contribution < -0.4 is 5.73 Å². The van der Waals surface area contributed by atoms with E-state index < -0.39 is 0 Å².